The van der Waals surface area contributed by atoms with E-state index in [1.807, 2.05) is 12.1 Å². The first-order chi connectivity index (χ1) is 12.0. The summed E-state index contributed by atoms with van der Waals surface area (Å²) < 4.78 is 1.50. The molecule has 1 aromatic carbocycles. The first kappa shape index (κ1) is 17.6. The molecule has 25 heavy (non-hydrogen) atoms. The van der Waals surface area contributed by atoms with Gasteiger partial charge in [0.15, 0.2) is 0 Å². The van der Waals surface area contributed by atoms with Gasteiger partial charge in [-0.05, 0) is 35.6 Å². The molecule has 134 valence electrons. The maximum absolute atomic E-state index is 11.9. The van der Waals surface area contributed by atoms with E-state index >= 15 is 0 Å². The van der Waals surface area contributed by atoms with Gasteiger partial charge in [0.2, 0.25) is 0 Å². The number of nitrogen functional groups attached to an aromatic ring is 1. The number of piperidine rings is 1. The second-order valence-corrected chi connectivity index (χ2v) is 7.09. The number of rotatable bonds is 4. The third kappa shape index (κ3) is 3.91. The van der Waals surface area contributed by atoms with Crippen molar-refractivity contribution in [2.75, 3.05) is 18.8 Å². The van der Waals surface area contributed by atoms with E-state index in [9.17, 15) is 4.79 Å². The van der Waals surface area contributed by atoms with Crippen LogP contribution in [0.5, 0.6) is 0 Å². The zero-order chi connectivity index (χ0) is 18.0. The Morgan fingerprint density at radius 1 is 1.20 bits per heavy atom. The van der Waals surface area contributed by atoms with Crippen LogP contribution in [0.3, 0.4) is 0 Å². The van der Waals surface area contributed by atoms with Crippen molar-refractivity contribution in [3.05, 3.63) is 52.6 Å². The Labute approximate surface area is 148 Å². The minimum Gasteiger partial charge on any atom is -0.383 e. The van der Waals surface area contributed by atoms with E-state index in [0.717, 1.165) is 31.7 Å². The van der Waals surface area contributed by atoms with E-state index in [1.54, 1.807) is 12.3 Å². The summed E-state index contributed by atoms with van der Waals surface area (Å²) in [6.45, 7) is 7.44. The molecule has 0 spiro atoms. The van der Waals surface area contributed by atoms with Crippen LogP contribution in [0.4, 0.5) is 5.82 Å². The highest BCUT2D eigenvalue weighted by molar-refractivity contribution is 5.36. The minimum atomic E-state index is -0.364. The topological polar surface area (TPSA) is 90.2 Å². The first-order valence-corrected chi connectivity index (χ1v) is 8.90. The molecule has 6 heteroatoms. The molecule has 1 fully saturated rings. The minimum absolute atomic E-state index is 0.237. The van der Waals surface area contributed by atoms with Gasteiger partial charge in [0, 0.05) is 31.9 Å². The molecule has 3 unspecified atom stereocenters. The molecule has 0 bridgehead atoms. The van der Waals surface area contributed by atoms with Crippen LogP contribution in [-0.4, -0.2) is 33.6 Å². The van der Waals surface area contributed by atoms with Gasteiger partial charge in [-0.15, -0.1) is 0 Å². The fourth-order valence-corrected chi connectivity index (χ4v) is 3.68. The summed E-state index contributed by atoms with van der Waals surface area (Å²) in [7, 11) is 0. The van der Waals surface area contributed by atoms with Crippen molar-refractivity contribution < 1.29 is 0 Å². The normalized spacial score (nSPS) is 24.4. The average molecular weight is 341 g/mol. The predicted octanol–water partition coefficient (Wildman–Crippen LogP) is 1.62. The fourth-order valence-electron chi connectivity index (χ4n) is 3.68. The molecule has 1 aromatic heterocycles. The fraction of sp³-hybridized carbons (Fsp3) is 0.474. The molecule has 0 saturated carbocycles. The van der Waals surface area contributed by atoms with Gasteiger partial charge in [0.1, 0.15) is 5.82 Å². The van der Waals surface area contributed by atoms with E-state index in [4.69, 9.17) is 11.5 Å². The van der Waals surface area contributed by atoms with Crippen LogP contribution in [0.15, 0.2) is 41.3 Å². The van der Waals surface area contributed by atoms with Crippen molar-refractivity contribution in [1.29, 1.82) is 0 Å². The van der Waals surface area contributed by atoms with Crippen molar-refractivity contribution in [3.63, 3.8) is 0 Å². The Kier molecular flexibility index (Phi) is 5.20. The van der Waals surface area contributed by atoms with Crippen molar-refractivity contribution in [3.8, 4) is 5.69 Å². The van der Waals surface area contributed by atoms with Crippen LogP contribution in [0.25, 0.3) is 5.69 Å². The summed E-state index contributed by atoms with van der Waals surface area (Å²) >= 11 is 0. The molecule has 0 amide bonds. The lowest BCUT2D eigenvalue weighted by Crippen LogP contribution is -2.51. The Hall–Kier alpha value is -2.18. The lowest BCUT2D eigenvalue weighted by Gasteiger charge is -2.40. The molecule has 1 saturated heterocycles. The summed E-state index contributed by atoms with van der Waals surface area (Å²) in [4.78, 5) is 18.2. The highest BCUT2D eigenvalue weighted by atomic mass is 16.1. The Morgan fingerprint density at radius 3 is 2.56 bits per heavy atom. The van der Waals surface area contributed by atoms with Crippen LogP contribution in [-0.2, 0) is 6.54 Å². The SMILES string of the molecule is CCC1CN(Cc2ccc(-n3ccc(N)nc3=O)cc2)CC(C)C1N. The van der Waals surface area contributed by atoms with Gasteiger partial charge in [-0.3, -0.25) is 9.47 Å². The van der Waals surface area contributed by atoms with E-state index in [-0.39, 0.29) is 11.5 Å². The highest BCUT2D eigenvalue weighted by Gasteiger charge is 2.30. The number of nitrogens with two attached hydrogens (primary N) is 2. The molecule has 0 radical (unpaired) electrons. The van der Waals surface area contributed by atoms with Gasteiger partial charge in [-0.2, -0.15) is 4.98 Å². The zero-order valence-electron chi connectivity index (χ0n) is 14.9. The maximum atomic E-state index is 11.9. The lowest BCUT2D eigenvalue weighted by atomic mass is 9.83. The van der Waals surface area contributed by atoms with Gasteiger partial charge in [0.25, 0.3) is 0 Å². The maximum Gasteiger partial charge on any atom is 0.354 e. The number of hydrogen-bond acceptors (Lipinski definition) is 5. The van der Waals surface area contributed by atoms with Gasteiger partial charge in [-0.25, -0.2) is 4.79 Å². The van der Waals surface area contributed by atoms with Gasteiger partial charge in [0.05, 0.1) is 5.69 Å². The third-order valence-electron chi connectivity index (χ3n) is 5.21. The van der Waals surface area contributed by atoms with Crippen LogP contribution in [0.2, 0.25) is 0 Å². The average Bonchev–Trinajstić information content (AvgIpc) is 2.59. The lowest BCUT2D eigenvalue weighted by molar-refractivity contribution is 0.102. The molecule has 4 N–H and O–H groups in total. The van der Waals surface area contributed by atoms with Gasteiger partial charge >= 0.3 is 5.69 Å². The second-order valence-electron chi connectivity index (χ2n) is 7.09. The molecule has 2 heterocycles. The second kappa shape index (κ2) is 7.37. The summed E-state index contributed by atoms with van der Waals surface area (Å²) in [6, 6.07) is 9.96. The largest absolute Gasteiger partial charge is 0.383 e. The quantitative estimate of drug-likeness (QED) is 0.882. The number of aromatic nitrogens is 2. The van der Waals surface area contributed by atoms with Gasteiger partial charge in [-0.1, -0.05) is 32.4 Å². The number of benzene rings is 1. The molecular formula is C19H27N5O. The molecule has 0 aliphatic carbocycles. The van der Waals surface area contributed by atoms with Crippen LogP contribution in [0.1, 0.15) is 25.8 Å². The summed E-state index contributed by atoms with van der Waals surface area (Å²) in [5.74, 6) is 1.31. The molecule has 1 aliphatic rings. The molecule has 3 atom stereocenters. The van der Waals surface area contributed by atoms with E-state index in [0.29, 0.717) is 17.9 Å². The van der Waals surface area contributed by atoms with E-state index in [1.165, 1.54) is 10.1 Å². The van der Waals surface area contributed by atoms with Crippen molar-refractivity contribution in [2.24, 2.45) is 17.6 Å². The standard InChI is InChI=1S/C19H27N5O/c1-3-15-12-23(10-13(2)18(15)21)11-14-4-6-16(7-5-14)24-9-8-17(20)22-19(24)25/h4-9,13,15,18H,3,10-12,21H2,1-2H3,(H2,20,22,25). The predicted molar refractivity (Wildman–Crippen MR) is 100 cm³/mol. The Balaban J connectivity index is 1.71. The summed E-state index contributed by atoms with van der Waals surface area (Å²) in [5, 5.41) is 0. The Morgan fingerprint density at radius 2 is 1.92 bits per heavy atom. The first-order valence-electron chi connectivity index (χ1n) is 8.90. The highest BCUT2D eigenvalue weighted by Crippen LogP contribution is 2.24. The smallest absolute Gasteiger partial charge is 0.354 e. The summed E-state index contributed by atoms with van der Waals surface area (Å²) in [6.07, 6.45) is 2.77. The van der Waals surface area contributed by atoms with Crippen LogP contribution >= 0.6 is 0 Å². The molecule has 1 aliphatic heterocycles. The Bertz CT molecular complexity index is 770. The molecule has 2 aromatic rings. The number of hydrogen-bond donors (Lipinski definition) is 2. The van der Waals surface area contributed by atoms with Crippen molar-refractivity contribution >= 4 is 5.82 Å². The number of nitrogens with zero attached hydrogens (tertiary/aromatic N) is 3. The summed E-state index contributed by atoms with van der Waals surface area (Å²) in [5.41, 5.74) is 13.5. The molecular weight excluding hydrogens is 314 g/mol. The van der Waals surface area contributed by atoms with E-state index < -0.39 is 0 Å². The zero-order valence-corrected chi connectivity index (χ0v) is 14.9. The van der Waals surface area contributed by atoms with Crippen molar-refractivity contribution in [2.45, 2.75) is 32.9 Å². The number of anilines is 1. The van der Waals surface area contributed by atoms with Gasteiger partial charge < -0.3 is 11.5 Å². The third-order valence-corrected chi connectivity index (χ3v) is 5.21. The van der Waals surface area contributed by atoms with Crippen LogP contribution < -0.4 is 17.2 Å². The molecule has 3 rings (SSSR count). The van der Waals surface area contributed by atoms with E-state index in [2.05, 4.69) is 35.9 Å². The molecule has 6 nitrogen and oxygen atoms in total. The van der Waals surface area contributed by atoms with Crippen LogP contribution in [0, 0.1) is 11.8 Å². The monoisotopic (exact) mass is 341 g/mol. The van der Waals surface area contributed by atoms with Crippen molar-refractivity contribution in [1.82, 2.24) is 14.5 Å². The number of likely N-dealkylation sites (tertiary alicyclic amines) is 1.